The van der Waals surface area contributed by atoms with E-state index in [-0.39, 0.29) is 53.6 Å². The molecule has 3 saturated heterocycles. The number of aliphatic carboxylic acids is 1. The first-order chi connectivity index (χ1) is 34.4. The Labute approximate surface area is 426 Å². The number of fused-ring (bicyclic) bond motifs is 5. The summed E-state index contributed by atoms with van der Waals surface area (Å²) in [6.07, 6.45) is -8.64. The summed E-state index contributed by atoms with van der Waals surface area (Å²) in [5, 5.41) is 96.8. The third-order valence-corrected chi connectivity index (χ3v) is 20.5. The average molecular weight is 1030 g/mol. The van der Waals surface area contributed by atoms with Gasteiger partial charge in [0.25, 0.3) is 0 Å². The quantitative estimate of drug-likeness (QED) is 0.0667. The van der Waals surface area contributed by atoms with Crippen LogP contribution >= 0.6 is 0 Å². The predicted octanol–water partition coefficient (Wildman–Crippen LogP) is 2.83. The molecule has 18 nitrogen and oxygen atoms in total. The number of allylic oxidation sites excluding steroid dienone is 2. The van der Waals surface area contributed by atoms with Crippen LogP contribution in [0.15, 0.2) is 48.1 Å². The van der Waals surface area contributed by atoms with Crippen molar-refractivity contribution in [1.82, 2.24) is 0 Å². The molecular weight excluding hydrogens is 949 g/mol. The second kappa shape index (κ2) is 19.2. The van der Waals surface area contributed by atoms with E-state index in [0.717, 1.165) is 37.7 Å². The van der Waals surface area contributed by atoms with Gasteiger partial charge in [0.2, 0.25) is 0 Å². The SMILES string of the molecule is CC1(C)C[C@H]2C3=CC[C@@H]4[C@@]5(C)CC[C@H](O[C@@H]6O[C@H](CO)[C@@H](O)[C@H](O)[C@H]6O[C@@H]6OC[C@@H](O[C@@H]7OC[C@@H](O)[C@H](O)[C@H]7O)[C@H](O)[C@H]6O)C(C)(C)[C@@H]5CC[C@@]4(C)[C@@]34C[C@@H]4C[C@@]2(C(=O)O)C[C@@H]1OC(=O)/C=C/c1ccccc1. The van der Waals surface area contributed by atoms with Crippen molar-refractivity contribution in [2.24, 2.45) is 56.2 Å². The Hall–Kier alpha value is -2.92. The molecule has 1 spiro atoms. The third kappa shape index (κ3) is 8.60. The van der Waals surface area contributed by atoms with Gasteiger partial charge in [0.05, 0.1) is 31.3 Å². The maximum Gasteiger partial charge on any atom is 0.331 e. The van der Waals surface area contributed by atoms with Crippen LogP contribution in [0, 0.1) is 56.2 Å². The molecule has 9 N–H and O–H groups in total. The van der Waals surface area contributed by atoms with Gasteiger partial charge in [-0.05, 0) is 103 Å². The van der Waals surface area contributed by atoms with E-state index in [2.05, 4.69) is 47.6 Å². The Bertz CT molecular complexity index is 2270. The molecule has 10 rings (SSSR count). The lowest BCUT2D eigenvalue weighted by Gasteiger charge is -2.69. The largest absolute Gasteiger partial charge is 0.481 e. The van der Waals surface area contributed by atoms with Crippen LogP contribution in [0.2, 0.25) is 0 Å². The average Bonchev–Trinajstić information content (AvgIpc) is 4.08. The van der Waals surface area contributed by atoms with E-state index < -0.39 is 127 Å². The van der Waals surface area contributed by atoms with E-state index in [4.69, 9.17) is 33.2 Å². The molecule has 23 atom stereocenters. The lowest BCUT2D eigenvalue weighted by atomic mass is 9.36. The van der Waals surface area contributed by atoms with Gasteiger partial charge in [-0.1, -0.05) is 83.5 Å². The molecule has 5 saturated carbocycles. The number of carbonyl (C=O) groups is 2. The summed E-state index contributed by atoms with van der Waals surface area (Å²) >= 11 is 0. The van der Waals surface area contributed by atoms with E-state index in [9.17, 15) is 55.5 Å². The summed E-state index contributed by atoms with van der Waals surface area (Å²) < 4.78 is 42.1. The van der Waals surface area contributed by atoms with Crippen molar-refractivity contribution < 1.29 is 88.7 Å². The minimum Gasteiger partial charge on any atom is -0.481 e. The molecule has 0 radical (unpaired) electrons. The number of carboxylic acid groups (broad SMARTS) is 1. The number of aliphatic hydroxyl groups excluding tert-OH is 8. The van der Waals surface area contributed by atoms with E-state index >= 15 is 0 Å². The van der Waals surface area contributed by atoms with Crippen molar-refractivity contribution in [1.29, 1.82) is 0 Å². The second-order valence-electron chi connectivity index (χ2n) is 25.0. The highest BCUT2D eigenvalue weighted by Gasteiger charge is 2.79. The zero-order valence-corrected chi connectivity index (χ0v) is 42.8. The summed E-state index contributed by atoms with van der Waals surface area (Å²) in [7, 11) is 0. The van der Waals surface area contributed by atoms with Crippen molar-refractivity contribution in [3.63, 3.8) is 0 Å². The molecular formula is C55H78O18. The fourth-order valence-corrected chi connectivity index (χ4v) is 16.5. The van der Waals surface area contributed by atoms with Gasteiger partial charge in [-0.15, -0.1) is 0 Å². The minimum absolute atomic E-state index is 0.0977. The van der Waals surface area contributed by atoms with Crippen molar-refractivity contribution in [2.45, 2.75) is 191 Å². The maximum absolute atomic E-state index is 13.8. The molecule has 6 aliphatic carbocycles. The Morgan fingerprint density at radius 3 is 2.14 bits per heavy atom. The topological polar surface area (TPSA) is 281 Å². The first-order valence-electron chi connectivity index (χ1n) is 26.5. The number of hydrogen-bond donors (Lipinski definition) is 9. The minimum atomic E-state index is -1.78. The van der Waals surface area contributed by atoms with Crippen LogP contribution in [-0.4, -0.2) is 170 Å². The van der Waals surface area contributed by atoms with Gasteiger partial charge in [0.1, 0.15) is 67.1 Å². The normalized spacial score (nSPS) is 49.7. The number of carboxylic acids is 1. The van der Waals surface area contributed by atoms with E-state index in [0.29, 0.717) is 25.2 Å². The number of rotatable bonds is 11. The van der Waals surface area contributed by atoms with Gasteiger partial charge in [-0.3, -0.25) is 4.79 Å². The number of ether oxygens (including phenoxy) is 7. The maximum atomic E-state index is 13.8. The highest BCUT2D eigenvalue weighted by Crippen LogP contribution is 2.85. The van der Waals surface area contributed by atoms with Crippen molar-refractivity contribution in [3.05, 3.63) is 53.6 Å². The zero-order valence-electron chi connectivity index (χ0n) is 42.8. The second-order valence-corrected chi connectivity index (χ2v) is 25.0. The van der Waals surface area contributed by atoms with Crippen LogP contribution in [0.1, 0.15) is 105 Å². The van der Waals surface area contributed by atoms with Gasteiger partial charge in [-0.25, -0.2) is 4.79 Å². The van der Waals surface area contributed by atoms with Crippen LogP contribution in [0.4, 0.5) is 0 Å². The Morgan fingerprint density at radius 2 is 1.42 bits per heavy atom. The van der Waals surface area contributed by atoms with Gasteiger partial charge in [0.15, 0.2) is 18.9 Å². The fraction of sp³-hybridized carbons (Fsp3) is 0.782. The van der Waals surface area contributed by atoms with Gasteiger partial charge < -0.3 is 79.1 Å². The molecule has 73 heavy (non-hydrogen) atoms. The summed E-state index contributed by atoms with van der Waals surface area (Å²) in [6, 6.07) is 9.52. The molecule has 9 aliphatic rings. The van der Waals surface area contributed by atoms with Crippen LogP contribution in [-0.2, 0) is 42.7 Å². The predicted molar refractivity (Wildman–Crippen MR) is 257 cm³/mol. The molecule has 0 unspecified atom stereocenters. The van der Waals surface area contributed by atoms with E-state index in [1.54, 1.807) is 6.08 Å². The van der Waals surface area contributed by atoms with Crippen LogP contribution < -0.4 is 0 Å². The lowest BCUT2D eigenvalue weighted by molar-refractivity contribution is -0.377. The smallest absolute Gasteiger partial charge is 0.331 e. The molecule has 3 aliphatic heterocycles. The van der Waals surface area contributed by atoms with Crippen molar-refractivity contribution in [3.8, 4) is 0 Å². The number of hydrogen-bond acceptors (Lipinski definition) is 17. The molecule has 406 valence electrons. The summed E-state index contributed by atoms with van der Waals surface area (Å²) in [5.74, 6) is -0.819. The highest BCUT2D eigenvalue weighted by atomic mass is 16.8. The molecule has 0 bridgehead atoms. The fourth-order valence-electron chi connectivity index (χ4n) is 16.5. The zero-order chi connectivity index (χ0) is 52.4. The van der Waals surface area contributed by atoms with Gasteiger partial charge >= 0.3 is 11.9 Å². The Balaban J connectivity index is 0.847. The molecule has 1 aromatic carbocycles. The molecule has 0 amide bonds. The molecule has 18 heteroatoms. The Kier molecular flexibility index (Phi) is 14.1. The van der Waals surface area contributed by atoms with Gasteiger partial charge in [-0.2, -0.15) is 0 Å². The lowest BCUT2D eigenvalue weighted by Crippen LogP contribution is -2.66. The summed E-state index contributed by atoms with van der Waals surface area (Å²) in [5.41, 5.74) is -0.168. The standard InChI is InChI=1S/C55H78O18/c1-50(2)22-30-29-13-14-35-52(5)18-17-36(72-48-45(42(62)40(60)32(24-56)69-48)73-47-44(64)41(61)33(26-68-47)70-46-43(63)39(59)31(57)25-67-46)51(3,4)34(52)16-19-53(35,6)55(29)21-28(55)20-54(30,49(65)66)23-37(50)71-38(58)15-12-27-10-8-7-9-11-27/h7-13,15,28,30-37,39-48,56-57,59-64H,14,16-26H2,1-6H3,(H,65,66)/b15-12+/t28-,30-,31+,32+,33+,34-,35+,36-,37-,39-,40+,41-,42-,43+,44+,45+,46-,47-,48-,52-,53+,54+,55+/m0/s1. The summed E-state index contributed by atoms with van der Waals surface area (Å²) in [6.45, 7) is 12.1. The molecule has 0 aromatic heterocycles. The molecule has 3 heterocycles. The van der Waals surface area contributed by atoms with Gasteiger partial charge in [0, 0.05) is 23.3 Å². The number of benzene rings is 1. The van der Waals surface area contributed by atoms with Crippen LogP contribution in [0.25, 0.3) is 6.08 Å². The Morgan fingerprint density at radius 1 is 0.726 bits per heavy atom. The van der Waals surface area contributed by atoms with E-state index in [1.165, 1.54) is 11.6 Å². The number of carbonyl (C=O) groups excluding carboxylic acids is 1. The molecule has 1 aromatic rings. The van der Waals surface area contributed by atoms with Crippen LogP contribution in [0.3, 0.4) is 0 Å². The van der Waals surface area contributed by atoms with Crippen LogP contribution in [0.5, 0.6) is 0 Å². The van der Waals surface area contributed by atoms with Crippen molar-refractivity contribution >= 4 is 18.0 Å². The molecule has 8 fully saturated rings. The monoisotopic (exact) mass is 1030 g/mol. The first kappa shape index (κ1) is 53.5. The number of esters is 1. The van der Waals surface area contributed by atoms with Crippen molar-refractivity contribution in [2.75, 3.05) is 19.8 Å². The summed E-state index contributed by atoms with van der Waals surface area (Å²) in [4.78, 5) is 27.1. The van der Waals surface area contributed by atoms with E-state index in [1.807, 2.05) is 30.3 Å². The number of aliphatic hydroxyl groups is 8. The third-order valence-electron chi connectivity index (χ3n) is 20.5. The first-order valence-corrected chi connectivity index (χ1v) is 26.5. The highest BCUT2D eigenvalue weighted by molar-refractivity contribution is 5.87.